The summed E-state index contributed by atoms with van der Waals surface area (Å²) in [4.78, 5) is 2.23. The lowest BCUT2D eigenvalue weighted by Gasteiger charge is -2.39. The van der Waals surface area contributed by atoms with E-state index < -0.39 is 0 Å². The van der Waals surface area contributed by atoms with Gasteiger partial charge in [-0.3, -0.25) is 0 Å². The Morgan fingerprint density at radius 2 is 2.00 bits per heavy atom. The second kappa shape index (κ2) is 4.21. The Morgan fingerprint density at radius 3 is 2.53 bits per heavy atom. The molecule has 0 saturated carbocycles. The highest BCUT2D eigenvalue weighted by Crippen LogP contribution is 2.19. The van der Waals surface area contributed by atoms with E-state index in [4.69, 9.17) is 10.5 Å². The van der Waals surface area contributed by atoms with Gasteiger partial charge in [-0.15, -0.1) is 0 Å². The van der Waals surface area contributed by atoms with Crippen LogP contribution in [0.4, 0.5) is 5.69 Å². The average molecular weight is 206 g/mol. The molecule has 3 nitrogen and oxygen atoms in total. The third-order valence-electron chi connectivity index (χ3n) is 2.92. The van der Waals surface area contributed by atoms with Gasteiger partial charge in [-0.25, -0.2) is 0 Å². The summed E-state index contributed by atoms with van der Waals surface area (Å²) in [6.07, 6.45) is 0.985. The van der Waals surface area contributed by atoms with Crippen LogP contribution in [-0.2, 0) is 4.74 Å². The van der Waals surface area contributed by atoms with Gasteiger partial charge in [0.25, 0.3) is 0 Å². The minimum atomic E-state index is -0.0803. The fraction of sp³-hybridized carbons (Fsp3) is 0.500. The molecule has 1 saturated heterocycles. The van der Waals surface area contributed by atoms with E-state index >= 15 is 0 Å². The Balaban J connectivity index is 1.85. The van der Waals surface area contributed by atoms with Crippen molar-refractivity contribution in [2.24, 2.45) is 5.73 Å². The number of hydrogen-bond donors (Lipinski definition) is 1. The van der Waals surface area contributed by atoms with Crippen molar-refractivity contribution < 1.29 is 4.74 Å². The molecule has 1 fully saturated rings. The molecule has 0 amide bonds. The van der Waals surface area contributed by atoms with Crippen LogP contribution >= 0.6 is 0 Å². The zero-order valence-electron chi connectivity index (χ0n) is 9.15. The fourth-order valence-electron chi connectivity index (χ4n) is 1.71. The average Bonchev–Trinajstić information content (AvgIpc) is 2.24. The molecule has 15 heavy (non-hydrogen) atoms. The van der Waals surface area contributed by atoms with Gasteiger partial charge in [0.2, 0.25) is 0 Å². The lowest BCUT2D eigenvalue weighted by atomic mass is 9.94. The summed E-state index contributed by atoms with van der Waals surface area (Å²) in [6, 6.07) is 10.4. The maximum absolute atomic E-state index is 6.08. The van der Waals surface area contributed by atoms with Gasteiger partial charge in [0.05, 0.1) is 18.8 Å². The van der Waals surface area contributed by atoms with E-state index in [1.54, 1.807) is 0 Å². The molecule has 0 spiro atoms. The fourth-order valence-corrected chi connectivity index (χ4v) is 1.71. The summed E-state index contributed by atoms with van der Waals surface area (Å²) in [5.74, 6) is 0. The molecule has 0 atom stereocenters. The van der Waals surface area contributed by atoms with Crippen molar-refractivity contribution in [1.82, 2.24) is 0 Å². The first-order valence-corrected chi connectivity index (χ1v) is 5.32. The molecule has 2 rings (SSSR count). The molecule has 0 unspecified atom stereocenters. The van der Waals surface area contributed by atoms with Crippen molar-refractivity contribution in [2.75, 3.05) is 31.7 Å². The van der Waals surface area contributed by atoms with Crippen molar-refractivity contribution in [2.45, 2.75) is 12.0 Å². The molecule has 82 valence electrons. The highest BCUT2D eigenvalue weighted by Gasteiger charge is 2.33. The highest BCUT2D eigenvalue weighted by molar-refractivity contribution is 5.44. The first-order chi connectivity index (χ1) is 7.20. The van der Waals surface area contributed by atoms with Crippen LogP contribution in [0.15, 0.2) is 30.3 Å². The molecule has 0 radical (unpaired) electrons. The van der Waals surface area contributed by atoms with E-state index in [1.165, 1.54) is 5.69 Å². The van der Waals surface area contributed by atoms with Crippen LogP contribution in [0.1, 0.15) is 6.42 Å². The number of anilines is 1. The number of para-hydroxylation sites is 1. The number of nitrogens with two attached hydrogens (primary N) is 1. The summed E-state index contributed by atoms with van der Waals surface area (Å²) in [6.45, 7) is 2.38. The minimum Gasteiger partial charge on any atom is -0.377 e. The molecule has 0 aromatic heterocycles. The van der Waals surface area contributed by atoms with Gasteiger partial charge < -0.3 is 15.4 Å². The first-order valence-electron chi connectivity index (χ1n) is 5.32. The number of ether oxygens (including phenoxy) is 1. The Kier molecular flexibility index (Phi) is 2.93. The van der Waals surface area contributed by atoms with Gasteiger partial charge in [0.1, 0.15) is 0 Å². The molecule has 1 aromatic carbocycles. The molecule has 1 heterocycles. The molecule has 2 N–H and O–H groups in total. The van der Waals surface area contributed by atoms with E-state index in [0.717, 1.165) is 13.0 Å². The van der Waals surface area contributed by atoms with E-state index in [2.05, 4.69) is 36.2 Å². The third kappa shape index (κ3) is 2.49. The summed E-state index contributed by atoms with van der Waals surface area (Å²) in [5.41, 5.74) is 7.23. The van der Waals surface area contributed by atoms with Gasteiger partial charge in [-0.2, -0.15) is 0 Å². The number of nitrogens with zero attached hydrogens (tertiary/aromatic N) is 1. The molecule has 1 aliphatic heterocycles. The molecular weight excluding hydrogens is 188 g/mol. The van der Waals surface area contributed by atoms with Gasteiger partial charge in [-0.1, -0.05) is 18.2 Å². The Labute approximate surface area is 90.8 Å². The predicted octanol–water partition coefficient (Wildman–Crippen LogP) is 1.24. The smallest absolute Gasteiger partial charge is 0.0670 e. The van der Waals surface area contributed by atoms with E-state index in [9.17, 15) is 0 Å². The van der Waals surface area contributed by atoms with Crippen LogP contribution in [0.3, 0.4) is 0 Å². The highest BCUT2D eigenvalue weighted by atomic mass is 16.5. The number of benzene rings is 1. The largest absolute Gasteiger partial charge is 0.377 e. The second-order valence-corrected chi connectivity index (χ2v) is 4.36. The number of hydrogen-bond acceptors (Lipinski definition) is 3. The van der Waals surface area contributed by atoms with Crippen LogP contribution in [0.25, 0.3) is 0 Å². The summed E-state index contributed by atoms with van der Waals surface area (Å²) in [7, 11) is 2.10. The normalized spacial score (nSPS) is 18.3. The van der Waals surface area contributed by atoms with Crippen molar-refractivity contribution in [3.8, 4) is 0 Å². The SMILES string of the molecule is CN(CCC1(N)COC1)c1ccccc1. The standard InChI is InChI=1S/C12H18N2O/c1-14(11-5-3-2-4-6-11)8-7-12(13)9-15-10-12/h2-6H,7-10,13H2,1H3. The monoisotopic (exact) mass is 206 g/mol. The minimum absolute atomic E-state index is 0.0803. The number of rotatable bonds is 4. The maximum Gasteiger partial charge on any atom is 0.0670 e. The summed E-state index contributed by atoms with van der Waals surface area (Å²) >= 11 is 0. The van der Waals surface area contributed by atoms with Gasteiger partial charge in [-0.05, 0) is 18.6 Å². The lowest BCUT2D eigenvalue weighted by molar-refractivity contribution is -0.0560. The Morgan fingerprint density at radius 1 is 1.33 bits per heavy atom. The second-order valence-electron chi connectivity index (χ2n) is 4.36. The van der Waals surface area contributed by atoms with Gasteiger partial charge in [0.15, 0.2) is 0 Å². The molecule has 1 aliphatic rings. The molecule has 0 aliphatic carbocycles. The molecule has 1 aromatic rings. The van der Waals surface area contributed by atoms with Crippen LogP contribution in [-0.4, -0.2) is 32.3 Å². The van der Waals surface area contributed by atoms with E-state index in [1.807, 2.05) is 6.07 Å². The van der Waals surface area contributed by atoms with Crippen LogP contribution < -0.4 is 10.6 Å². The first kappa shape index (κ1) is 10.5. The van der Waals surface area contributed by atoms with Crippen molar-refractivity contribution in [1.29, 1.82) is 0 Å². The van der Waals surface area contributed by atoms with Gasteiger partial charge >= 0.3 is 0 Å². The third-order valence-corrected chi connectivity index (χ3v) is 2.92. The van der Waals surface area contributed by atoms with Crippen LogP contribution in [0.2, 0.25) is 0 Å². The Hall–Kier alpha value is -1.06. The zero-order chi connectivity index (χ0) is 10.7. The molecule has 3 heteroatoms. The summed E-state index contributed by atoms with van der Waals surface area (Å²) in [5, 5.41) is 0. The van der Waals surface area contributed by atoms with E-state index in [0.29, 0.717) is 13.2 Å². The topological polar surface area (TPSA) is 38.5 Å². The predicted molar refractivity (Wildman–Crippen MR) is 62.1 cm³/mol. The van der Waals surface area contributed by atoms with E-state index in [-0.39, 0.29) is 5.54 Å². The van der Waals surface area contributed by atoms with Crippen molar-refractivity contribution in [3.05, 3.63) is 30.3 Å². The molecular formula is C12H18N2O. The zero-order valence-corrected chi connectivity index (χ0v) is 9.15. The van der Waals surface area contributed by atoms with Crippen LogP contribution in [0, 0.1) is 0 Å². The molecule has 0 bridgehead atoms. The maximum atomic E-state index is 6.08. The Bertz CT molecular complexity index is 309. The van der Waals surface area contributed by atoms with Crippen molar-refractivity contribution in [3.63, 3.8) is 0 Å². The van der Waals surface area contributed by atoms with Crippen molar-refractivity contribution >= 4 is 5.69 Å². The summed E-state index contributed by atoms with van der Waals surface area (Å²) < 4.78 is 5.13. The van der Waals surface area contributed by atoms with Crippen LogP contribution in [0.5, 0.6) is 0 Å². The lowest BCUT2D eigenvalue weighted by Crippen LogP contribution is -2.58. The quantitative estimate of drug-likeness (QED) is 0.805. The van der Waals surface area contributed by atoms with Gasteiger partial charge in [0, 0.05) is 19.3 Å².